The molecule has 0 saturated heterocycles. The van der Waals surface area contributed by atoms with Gasteiger partial charge in [-0.05, 0) is 36.6 Å². The van der Waals surface area contributed by atoms with Crippen LogP contribution in [0.25, 0.3) is 0 Å². The molecule has 0 aliphatic carbocycles. The number of hydrogen-bond acceptors (Lipinski definition) is 1. The van der Waals surface area contributed by atoms with E-state index in [0.29, 0.717) is 11.8 Å². The van der Waals surface area contributed by atoms with Crippen LogP contribution >= 0.6 is 39.1 Å². The normalized spacial score (nSPS) is 11.8. The Morgan fingerprint density at radius 3 is 2.35 bits per heavy atom. The Balaban J connectivity index is 2.31. The van der Waals surface area contributed by atoms with Crippen molar-refractivity contribution in [1.29, 1.82) is 0 Å². The minimum absolute atomic E-state index is 0.259. The van der Waals surface area contributed by atoms with Gasteiger partial charge in [0.15, 0.2) is 0 Å². The molecule has 0 spiro atoms. The molecule has 0 unspecified atom stereocenters. The first-order valence-electron chi connectivity index (χ1n) is 6.53. The number of nitrogens with zero attached hydrogens (tertiary/aromatic N) is 2. The highest BCUT2D eigenvalue weighted by Crippen LogP contribution is 2.32. The molecule has 1 heterocycles. The standard InChI is InChI=1S/C15H17BrCl2N2/c1-2-20-9-12(8-19-20)7-15(10-17,11-18)13-3-5-14(16)6-4-13/h3-6,8-9H,2,7,10-11H2,1H3. The minimum atomic E-state index is -0.259. The van der Waals surface area contributed by atoms with Crippen molar-refractivity contribution in [3.63, 3.8) is 0 Å². The third-order valence-corrected chi connectivity index (χ3v) is 5.07. The van der Waals surface area contributed by atoms with Gasteiger partial charge in [-0.3, -0.25) is 4.68 Å². The number of alkyl halides is 2. The van der Waals surface area contributed by atoms with Crippen molar-refractivity contribution in [2.75, 3.05) is 11.8 Å². The monoisotopic (exact) mass is 374 g/mol. The molecule has 1 aromatic heterocycles. The molecule has 2 aromatic rings. The van der Waals surface area contributed by atoms with Crippen LogP contribution in [0, 0.1) is 0 Å². The zero-order valence-corrected chi connectivity index (χ0v) is 14.4. The van der Waals surface area contributed by atoms with Crippen LogP contribution in [0.15, 0.2) is 41.1 Å². The summed E-state index contributed by atoms with van der Waals surface area (Å²) in [5.74, 6) is 0.963. The van der Waals surface area contributed by atoms with E-state index in [-0.39, 0.29) is 5.41 Å². The summed E-state index contributed by atoms with van der Waals surface area (Å²) in [6.45, 7) is 2.94. The van der Waals surface area contributed by atoms with Crippen LogP contribution in [0.2, 0.25) is 0 Å². The zero-order chi connectivity index (χ0) is 14.6. The molecule has 0 aliphatic heterocycles. The predicted octanol–water partition coefficient (Wildman–Crippen LogP) is 4.62. The molecule has 0 bridgehead atoms. The maximum Gasteiger partial charge on any atom is 0.0522 e. The Labute approximate surface area is 138 Å². The number of benzene rings is 1. The molecule has 0 aliphatic rings. The molecule has 0 N–H and O–H groups in total. The summed E-state index contributed by atoms with van der Waals surface area (Å²) < 4.78 is 2.97. The highest BCUT2D eigenvalue weighted by molar-refractivity contribution is 9.10. The van der Waals surface area contributed by atoms with Crippen molar-refractivity contribution in [2.45, 2.75) is 25.3 Å². The average molecular weight is 376 g/mol. The molecule has 0 amide bonds. The van der Waals surface area contributed by atoms with Crippen LogP contribution in [-0.4, -0.2) is 21.5 Å². The van der Waals surface area contributed by atoms with E-state index in [4.69, 9.17) is 23.2 Å². The number of hydrogen-bond donors (Lipinski definition) is 0. The Kier molecular flexibility index (Phi) is 5.53. The van der Waals surface area contributed by atoms with Gasteiger partial charge < -0.3 is 0 Å². The lowest BCUT2D eigenvalue weighted by molar-refractivity contribution is 0.535. The Hall–Kier alpha value is -0.510. The maximum absolute atomic E-state index is 6.27. The summed E-state index contributed by atoms with van der Waals surface area (Å²) in [6.07, 6.45) is 4.75. The third kappa shape index (κ3) is 3.38. The molecule has 2 rings (SSSR count). The summed E-state index contributed by atoms with van der Waals surface area (Å²) in [5, 5.41) is 4.32. The van der Waals surface area contributed by atoms with E-state index in [1.165, 1.54) is 0 Å². The molecule has 108 valence electrons. The van der Waals surface area contributed by atoms with Crippen molar-refractivity contribution < 1.29 is 0 Å². The van der Waals surface area contributed by atoms with Crippen LogP contribution in [0.4, 0.5) is 0 Å². The van der Waals surface area contributed by atoms with Crippen LogP contribution in [0.5, 0.6) is 0 Å². The fraction of sp³-hybridized carbons (Fsp3) is 0.400. The van der Waals surface area contributed by atoms with Gasteiger partial charge in [0.2, 0.25) is 0 Å². The molecule has 0 radical (unpaired) electrons. The van der Waals surface area contributed by atoms with Gasteiger partial charge in [0.1, 0.15) is 0 Å². The van der Waals surface area contributed by atoms with Crippen LogP contribution in [-0.2, 0) is 18.4 Å². The van der Waals surface area contributed by atoms with Crippen LogP contribution in [0.1, 0.15) is 18.1 Å². The molecule has 0 atom stereocenters. The van der Waals surface area contributed by atoms with Crippen molar-refractivity contribution in [3.05, 3.63) is 52.3 Å². The summed E-state index contributed by atoms with van der Waals surface area (Å²) in [4.78, 5) is 0. The van der Waals surface area contributed by atoms with Crippen molar-refractivity contribution in [3.8, 4) is 0 Å². The Morgan fingerprint density at radius 1 is 1.20 bits per heavy atom. The first-order valence-corrected chi connectivity index (χ1v) is 8.39. The fourth-order valence-electron chi connectivity index (χ4n) is 2.25. The van der Waals surface area contributed by atoms with E-state index < -0.39 is 0 Å². The van der Waals surface area contributed by atoms with E-state index in [1.807, 2.05) is 23.0 Å². The number of aromatic nitrogens is 2. The molecule has 2 nitrogen and oxygen atoms in total. The lowest BCUT2D eigenvalue weighted by Crippen LogP contribution is -2.33. The average Bonchev–Trinajstić information content (AvgIpc) is 2.93. The SMILES string of the molecule is CCn1cc(CC(CCl)(CCl)c2ccc(Br)cc2)cn1. The lowest BCUT2D eigenvalue weighted by Gasteiger charge is -2.30. The highest BCUT2D eigenvalue weighted by Gasteiger charge is 2.31. The van der Waals surface area contributed by atoms with E-state index >= 15 is 0 Å². The van der Waals surface area contributed by atoms with Gasteiger partial charge in [-0.2, -0.15) is 5.10 Å². The first kappa shape index (κ1) is 15.9. The maximum atomic E-state index is 6.27. The molecule has 5 heteroatoms. The van der Waals surface area contributed by atoms with E-state index in [0.717, 1.165) is 28.6 Å². The molecular weight excluding hydrogens is 359 g/mol. The second-order valence-electron chi connectivity index (χ2n) is 4.94. The summed E-state index contributed by atoms with van der Waals surface area (Å²) in [5.41, 5.74) is 2.07. The fourth-order valence-corrected chi connectivity index (χ4v) is 3.30. The quantitative estimate of drug-likeness (QED) is 0.673. The lowest BCUT2D eigenvalue weighted by atomic mass is 9.79. The van der Waals surface area contributed by atoms with Gasteiger partial charge in [0.05, 0.1) is 6.20 Å². The van der Waals surface area contributed by atoms with Gasteiger partial charge in [-0.1, -0.05) is 28.1 Å². The van der Waals surface area contributed by atoms with Crippen molar-refractivity contribution in [1.82, 2.24) is 9.78 Å². The summed E-state index contributed by atoms with van der Waals surface area (Å²) in [6, 6.07) is 8.22. The van der Waals surface area contributed by atoms with Gasteiger partial charge in [-0.15, -0.1) is 23.2 Å². The van der Waals surface area contributed by atoms with Crippen molar-refractivity contribution >= 4 is 39.1 Å². The van der Waals surface area contributed by atoms with E-state index in [1.54, 1.807) is 0 Å². The highest BCUT2D eigenvalue weighted by atomic mass is 79.9. The Bertz CT molecular complexity index is 547. The topological polar surface area (TPSA) is 17.8 Å². The molecule has 0 saturated carbocycles. The number of rotatable bonds is 6. The zero-order valence-electron chi connectivity index (χ0n) is 11.3. The van der Waals surface area contributed by atoms with E-state index in [9.17, 15) is 0 Å². The van der Waals surface area contributed by atoms with E-state index in [2.05, 4.69) is 46.3 Å². The smallest absolute Gasteiger partial charge is 0.0522 e. The largest absolute Gasteiger partial charge is 0.273 e. The predicted molar refractivity (Wildman–Crippen MR) is 88.9 cm³/mol. The number of halogens is 3. The second-order valence-corrected chi connectivity index (χ2v) is 6.39. The van der Waals surface area contributed by atoms with Gasteiger partial charge in [0, 0.05) is 34.4 Å². The van der Waals surface area contributed by atoms with Crippen molar-refractivity contribution in [2.24, 2.45) is 0 Å². The Morgan fingerprint density at radius 2 is 1.85 bits per heavy atom. The molecule has 0 fully saturated rings. The number of aryl methyl sites for hydroxylation is 1. The van der Waals surface area contributed by atoms with Gasteiger partial charge in [-0.25, -0.2) is 0 Å². The molecule has 1 aromatic carbocycles. The second kappa shape index (κ2) is 6.97. The summed E-state index contributed by atoms with van der Waals surface area (Å²) >= 11 is 16.0. The van der Waals surface area contributed by atoms with Crippen LogP contribution < -0.4 is 0 Å². The summed E-state index contributed by atoms with van der Waals surface area (Å²) in [7, 11) is 0. The first-order chi connectivity index (χ1) is 9.63. The van der Waals surface area contributed by atoms with Gasteiger partial charge >= 0.3 is 0 Å². The third-order valence-electron chi connectivity index (χ3n) is 3.52. The van der Waals surface area contributed by atoms with Gasteiger partial charge in [0.25, 0.3) is 0 Å². The molecular formula is C15H17BrCl2N2. The van der Waals surface area contributed by atoms with Crippen LogP contribution in [0.3, 0.4) is 0 Å². The molecule has 20 heavy (non-hydrogen) atoms. The minimum Gasteiger partial charge on any atom is -0.273 e.